The molecular formula is C17H26ClNO2. The Morgan fingerprint density at radius 2 is 1.57 bits per heavy atom. The molecule has 1 aromatic carbocycles. The minimum absolute atomic E-state index is 0. The topological polar surface area (TPSA) is 21.7 Å². The first-order chi connectivity index (χ1) is 9.83. The molecule has 0 unspecified atom stereocenters. The molecule has 4 heteroatoms. The predicted octanol–water partition coefficient (Wildman–Crippen LogP) is 3.62. The Hall–Kier alpha value is -0.930. The number of piperidine rings is 1. The van der Waals surface area contributed by atoms with Gasteiger partial charge in [-0.3, -0.25) is 0 Å². The molecule has 0 atom stereocenters. The van der Waals surface area contributed by atoms with E-state index >= 15 is 0 Å². The number of rotatable bonds is 6. The molecule has 0 N–H and O–H groups in total. The summed E-state index contributed by atoms with van der Waals surface area (Å²) >= 11 is 0. The Morgan fingerprint density at radius 3 is 2.14 bits per heavy atom. The molecule has 2 fully saturated rings. The van der Waals surface area contributed by atoms with Crippen molar-refractivity contribution < 1.29 is 9.47 Å². The van der Waals surface area contributed by atoms with Crippen LogP contribution in [0.4, 0.5) is 0 Å². The lowest BCUT2D eigenvalue weighted by Crippen LogP contribution is -2.36. The van der Waals surface area contributed by atoms with E-state index in [0.717, 1.165) is 24.0 Å². The number of halogens is 1. The van der Waals surface area contributed by atoms with Crippen molar-refractivity contribution in [2.75, 3.05) is 33.4 Å². The molecule has 0 bridgehead atoms. The van der Waals surface area contributed by atoms with E-state index in [1.165, 1.54) is 45.3 Å². The third kappa shape index (κ3) is 5.08. The summed E-state index contributed by atoms with van der Waals surface area (Å²) in [5.74, 6) is 3.56. The van der Waals surface area contributed by atoms with Gasteiger partial charge < -0.3 is 14.4 Å². The fourth-order valence-corrected chi connectivity index (χ4v) is 2.89. The molecule has 0 amide bonds. The van der Waals surface area contributed by atoms with Crippen LogP contribution in [-0.2, 0) is 0 Å². The number of likely N-dealkylation sites (tertiary alicyclic amines) is 1. The maximum Gasteiger partial charge on any atom is 0.119 e. The van der Waals surface area contributed by atoms with Gasteiger partial charge in [-0.15, -0.1) is 12.4 Å². The lowest BCUT2D eigenvalue weighted by Gasteiger charge is -2.31. The highest BCUT2D eigenvalue weighted by molar-refractivity contribution is 5.85. The third-order valence-corrected chi connectivity index (χ3v) is 4.47. The van der Waals surface area contributed by atoms with Gasteiger partial charge in [0, 0.05) is 6.54 Å². The lowest BCUT2D eigenvalue weighted by atomic mass is 9.97. The van der Waals surface area contributed by atoms with E-state index in [1.54, 1.807) is 7.11 Å². The van der Waals surface area contributed by atoms with Gasteiger partial charge in [-0.05, 0) is 74.9 Å². The summed E-state index contributed by atoms with van der Waals surface area (Å²) in [6.07, 6.45) is 5.48. The van der Waals surface area contributed by atoms with Crippen LogP contribution in [0.25, 0.3) is 0 Å². The van der Waals surface area contributed by atoms with Gasteiger partial charge in [0.05, 0.1) is 13.7 Å². The zero-order chi connectivity index (χ0) is 13.8. The largest absolute Gasteiger partial charge is 0.497 e. The molecule has 1 heterocycles. The van der Waals surface area contributed by atoms with Crippen molar-refractivity contribution in [3.05, 3.63) is 24.3 Å². The molecule has 3 nitrogen and oxygen atoms in total. The van der Waals surface area contributed by atoms with Crippen molar-refractivity contribution in [1.82, 2.24) is 4.90 Å². The normalized spacial score (nSPS) is 19.9. The van der Waals surface area contributed by atoms with E-state index in [0.29, 0.717) is 5.92 Å². The zero-order valence-corrected chi connectivity index (χ0v) is 13.6. The van der Waals surface area contributed by atoms with Crippen molar-refractivity contribution in [2.24, 2.45) is 11.8 Å². The first-order valence-electron chi connectivity index (χ1n) is 7.82. The Kier molecular flexibility index (Phi) is 6.19. The van der Waals surface area contributed by atoms with E-state index in [1.807, 2.05) is 24.3 Å². The molecular weight excluding hydrogens is 286 g/mol. The van der Waals surface area contributed by atoms with Crippen LogP contribution in [0, 0.1) is 11.8 Å². The van der Waals surface area contributed by atoms with Crippen LogP contribution in [-0.4, -0.2) is 38.3 Å². The van der Waals surface area contributed by atoms with Gasteiger partial charge in [0.1, 0.15) is 11.5 Å². The molecule has 2 aliphatic rings. The van der Waals surface area contributed by atoms with Crippen molar-refractivity contribution in [1.29, 1.82) is 0 Å². The van der Waals surface area contributed by atoms with E-state index in [2.05, 4.69) is 4.90 Å². The maximum absolute atomic E-state index is 5.90. The fraction of sp³-hybridized carbons (Fsp3) is 0.647. The minimum Gasteiger partial charge on any atom is -0.497 e. The van der Waals surface area contributed by atoms with E-state index in [-0.39, 0.29) is 12.4 Å². The number of benzene rings is 1. The van der Waals surface area contributed by atoms with Crippen LogP contribution in [0.5, 0.6) is 11.5 Å². The summed E-state index contributed by atoms with van der Waals surface area (Å²) in [4.78, 5) is 2.64. The minimum atomic E-state index is 0. The smallest absolute Gasteiger partial charge is 0.119 e. The van der Waals surface area contributed by atoms with Gasteiger partial charge in [0.15, 0.2) is 0 Å². The maximum atomic E-state index is 5.90. The quantitative estimate of drug-likeness (QED) is 0.801. The van der Waals surface area contributed by atoms with Crippen molar-refractivity contribution in [2.45, 2.75) is 25.7 Å². The molecule has 1 saturated carbocycles. The molecule has 21 heavy (non-hydrogen) atoms. The second-order valence-electron chi connectivity index (χ2n) is 6.17. The van der Waals surface area contributed by atoms with Gasteiger partial charge in [-0.25, -0.2) is 0 Å². The number of hydrogen-bond donors (Lipinski definition) is 0. The highest BCUT2D eigenvalue weighted by atomic mass is 35.5. The summed E-state index contributed by atoms with van der Waals surface area (Å²) in [5.41, 5.74) is 0. The average Bonchev–Trinajstić information content (AvgIpc) is 3.31. The van der Waals surface area contributed by atoms with E-state index < -0.39 is 0 Å². The SMILES string of the molecule is COc1ccc(OCC2CCN(CC3CC3)CC2)cc1.Cl. The number of nitrogens with zero attached hydrogens (tertiary/aromatic N) is 1. The molecule has 3 rings (SSSR count). The molecule has 1 saturated heterocycles. The highest BCUT2D eigenvalue weighted by Gasteiger charge is 2.27. The van der Waals surface area contributed by atoms with Crippen molar-refractivity contribution in [3.63, 3.8) is 0 Å². The molecule has 0 spiro atoms. The second-order valence-corrected chi connectivity index (χ2v) is 6.17. The summed E-state index contributed by atoms with van der Waals surface area (Å²) in [6.45, 7) is 4.70. The Labute approximate surface area is 134 Å². The Morgan fingerprint density at radius 1 is 0.952 bits per heavy atom. The fourth-order valence-electron chi connectivity index (χ4n) is 2.89. The monoisotopic (exact) mass is 311 g/mol. The Bertz CT molecular complexity index is 411. The van der Waals surface area contributed by atoms with Crippen LogP contribution < -0.4 is 9.47 Å². The number of hydrogen-bond acceptors (Lipinski definition) is 3. The summed E-state index contributed by atoms with van der Waals surface area (Å²) < 4.78 is 11.1. The first-order valence-corrected chi connectivity index (χ1v) is 7.82. The first kappa shape index (κ1) is 16.4. The predicted molar refractivity (Wildman–Crippen MR) is 87.6 cm³/mol. The van der Waals surface area contributed by atoms with Gasteiger partial charge in [0.25, 0.3) is 0 Å². The summed E-state index contributed by atoms with van der Waals surface area (Å²) in [5, 5.41) is 0. The van der Waals surface area contributed by atoms with Gasteiger partial charge >= 0.3 is 0 Å². The van der Waals surface area contributed by atoms with Gasteiger partial charge in [-0.2, -0.15) is 0 Å². The zero-order valence-electron chi connectivity index (χ0n) is 12.8. The van der Waals surface area contributed by atoms with Crippen LogP contribution in [0.2, 0.25) is 0 Å². The van der Waals surface area contributed by atoms with Crippen molar-refractivity contribution in [3.8, 4) is 11.5 Å². The number of ether oxygens (including phenoxy) is 2. The molecule has 118 valence electrons. The molecule has 0 radical (unpaired) electrons. The summed E-state index contributed by atoms with van der Waals surface area (Å²) in [6, 6.07) is 7.88. The third-order valence-electron chi connectivity index (χ3n) is 4.47. The highest BCUT2D eigenvalue weighted by Crippen LogP contribution is 2.31. The van der Waals surface area contributed by atoms with Crippen LogP contribution in [0.15, 0.2) is 24.3 Å². The van der Waals surface area contributed by atoms with Crippen LogP contribution in [0.1, 0.15) is 25.7 Å². The van der Waals surface area contributed by atoms with Crippen LogP contribution >= 0.6 is 12.4 Å². The standard InChI is InChI=1S/C17H25NO2.ClH/c1-19-16-4-6-17(7-5-16)20-13-15-8-10-18(11-9-15)12-14-2-3-14;/h4-7,14-15H,2-3,8-13H2,1H3;1H. The summed E-state index contributed by atoms with van der Waals surface area (Å²) in [7, 11) is 1.69. The average molecular weight is 312 g/mol. The molecule has 1 aromatic rings. The lowest BCUT2D eigenvalue weighted by molar-refractivity contribution is 0.138. The van der Waals surface area contributed by atoms with Crippen LogP contribution in [0.3, 0.4) is 0 Å². The van der Waals surface area contributed by atoms with Crippen molar-refractivity contribution >= 4 is 12.4 Å². The number of methoxy groups -OCH3 is 1. The van der Waals surface area contributed by atoms with E-state index in [9.17, 15) is 0 Å². The Balaban J connectivity index is 0.00000161. The second kappa shape index (κ2) is 7.90. The van der Waals surface area contributed by atoms with Gasteiger partial charge in [-0.1, -0.05) is 0 Å². The molecule has 1 aliphatic carbocycles. The van der Waals surface area contributed by atoms with E-state index in [4.69, 9.17) is 9.47 Å². The van der Waals surface area contributed by atoms with Gasteiger partial charge in [0.2, 0.25) is 0 Å². The molecule has 0 aromatic heterocycles. The molecule has 1 aliphatic heterocycles.